The van der Waals surface area contributed by atoms with Gasteiger partial charge in [0, 0.05) is 11.4 Å². The summed E-state index contributed by atoms with van der Waals surface area (Å²) >= 11 is 6.89. The number of aromatic amines is 1. The Bertz CT molecular complexity index is 840. The zero-order valence-electron chi connectivity index (χ0n) is 10.2. The zero-order chi connectivity index (χ0) is 14.8. The first-order valence-electron chi connectivity index (χ1n) is 5.57. The van der Waals surface area contributed by atoms with Crippen molar-refractivity contribution in [2.75, 3.05) is 0 Å². The molecule has 2 heterocycles. The second kappa shape index (κ2) is 5.47. The smallest absolute Gasteiger partial charge is 0.279 e. The molecular formula is C12H5ClFN5OS. The minimum absolute atomic E-state index is 0.0347. The first-order chi connectivity index (χ1) is 10.2. The van der Waals surface area contributed by atoms with Crippen molar-refractivity contribution in [2.45, 2.75) is 0 Å². The van der Waals surface area contributed by atoms with Crippen LogP contribution in [-0.2, 0) is 0 Å². The number of ether oxygens (including phenoxy) is 1. The molecule has 0 saturated heterocycles. The number of nitrogens with zero attached hydrogens (tertiary/aromatic N) is 4. The first-order valence-corrected chi connectivity index (χ1v) is 6.83. The molecule has 2 aromatic heterocycles. The fourth-order valence-corrected chi connectivity index (χ4v) is 2.38. The number of H-pyrrole nitrogens is 1. The molecule has 6 nitrogen and oxygen atoms in total. The van der Waals surface area contributed by atoms with E-state index in [9.17, 15) is 4.39 Å². The van der Waals surface area contributed by atoms with Gasteiger partial charge in [-0.05, 0) is 12.1 Å². The number of hydrogen-bond acceptors (Lipinski definition) is 6. The van der Waals surface area contributed by atoms with Crippen molar-refractivity contribution in [3.63, 3.8) is 0 Å². The molecule has 0 aliphatic heterocycles. The van der Waals surface area contributed by atoms with E-state index in [0.717, 1.165) is 0 Å². The molecule has 3 aromatic rings. The zero-order valence-corrected chi connectivity index (χ0v) is 11.7. The van der Waals surface area contributed by atoms with Crippen LogP contribution in [0.3, 0.4) is 0 Å². The lowest BCUT2D eigenvalue weighted by atomic mass is 10.3. The summed E-state index contributed by atoms with van der Waals surface area (Å²) in [6.07, 6.45) is 0. The van der Waals surface area contributed by atoms with Gasteiger partial charge in [-0.1, -0.05) is 28.2 Å². The number of hydrogen-bond donors (Lipinski definition) is 1. The van der Waals surface area contributed by atoms with Crippen LogP contribution < -0.4 is 4.74 Å². The molecule has 104 valence electrons. The lowest BCUT2D eigenvalue weighted by Gasteiger charge is -2.02. The number of nitriles is 1. The summed E-state index contributed by atoms with van der Waals surface area (Å²) in [7, 11) is 0. The predicted octanol–water partition coefficient (Wildman–Crippen LogP) is 3.38. The third kappa shape index (κ3) is 2.69. The van der Waals surface area contributed by atoms with E-state index in [1.807, 2.05) is 6.07 Å². The van der Waals surface area contributed by atoms with Gasteiger partial charge in [-0.15, -0.1) is 5.10 Å². The Labute approximate surface area is 126 Å². The van der Waals surface area contributed by atoms with Gasteiger partial charge < -0.3 is 4.74 Å². The molecular weight excluding hydrogens is 317 g/mol. The average Bonchev–Trinajstić information content (AvgIpc) is 3.11. The maximum atomic E-state index is 13.1. The van der Waals surface area contributed by atoms with Crippen molar-refractivity contribution in [2.24, 2.45) is 0 Å². The second-order valence-corrected chi connectivity index (χ2v) is 5.05. The fraction of sp³-hybridized carbons (Fsp3) is 0. The lowest BCUT2D eigenvalue weighted by Crippen LogP contribution is -1.86. The standard InChI is InChI=1S/C12H5ClFN5OS/c13-7-3-6(1-2-8(7)14)20-12-16-10(5-21-12)11-9(4-15)17-19-18-11/h1-3,5H,(H,17,18,19). The van der Waals surface area contributed by atoms with Crippen LogP contribution in [0.1, 0.15) is 5.69 Å². The number of benzene rings is 1. The molecule has 0 aliphatic rings. The molecule has 1 aromatic carbocycles. The van der Waals surface area contributed by atoms with Crippen LogP contribution in [0.4, 0.5) is 4.39 Å². The summed E-state index contributed by atoms with van der Waals surface area (Å²) in [4.78, 5) is 4.19. The molecule has 0 spiro atoms. The molecule has 0 atom stereocenters. The van der Waals surface area contributed by atoms with Crippen LogP contribution in [-0.4, -0.2) is 20.4 Å². The summed E-state index contributed by atoms with van der Waals surface area (Å²) in [5.74, 6) is -0.159. The van der Waals surface area contributed by atoms with Crippen molar-refractivity contribution >= 4 is 22.9 Å². The molecule has 21 heavy (non-hydrogen) atoms. The molecule has 0 radical (unpaired) electrons. The van der Waals surface area contributed by atoms with Crippen LogP contribution >= 0.6 is 22.9 Å². The quantitative estimate of drug-likeness (QED) is 0.799. The molecule has 0 aliphatic carbocycles. The van der Waals surface area contributed by atoms with Gasteiger partial charge in [0.15, 0.2) is 5.69 Å². The van der Waals surface area contributed by atoms with Crippen molar-refractivity contribution in [3.05, 3.63) is 40.1 Å². The van der Waals surface area contributed by atoms with Crippen molar-refractivity contribution in [3.8, 4) is 28.4 Å². The summed E-state index contributed by atoms with van der Waals surface area (Å²) in [6, 6.07) is 5.94. The Morgan fingerprint density at radius 2 is 2.29 bits per heavy atom. The Hall–Kier alpha value is -2.50. The van der Waals surface area contributed by atoms with Crippen LogP contribution in [0.5, 0.6) is 10.9 Å². The molecule has 1 N–H and O–H groups in total. The van der Waals surface area contributed by atoms with Crippen LogP contribution in [0.2, 0.25) is 5.02 Å². The Morgan fingerprint density at radius 3 is 3.05 bits per heavy atom. The number of nitrogens with one attached hydrogen (secondary N) is 1. The van der Waals surface area contributed by atoms with Gasteiger partial charge in [-0.25, -0.2) is 14.5 Å². The van der Waals surface area contributed by atoms with Gasteiger partial charge in [0.2, 0.25) is 0 Å². The molecule has 3 rings (SSSR count). The first kappa shape index (κ1) is 13.5. The minimum atomic E-state index is -0.523. The van der Waals surface area contributed by atoms with E-state index >= 15 is 0 Å². The third-order valence-electron chi connectivity index (χ3n) is 2.48. The molecule has 0 fully saturated rings. The van der Waals surface area contributed by atoms with E-state index in [0.29, 0.717) is 22.3 Å². The highest BCUT2D eigenvalue weighted by Gasteiger charge is 2.14. The second-order valence-electron chi connectivity index (χ2n) is 3.82. The monoisotopic (exact) mass is 321 g/mol. The van der Waals surface area contributed by atoms with Gasteiger partial charge in [-0.2, -0.15) is 5.26 Å². The van der Waals surface area contributed by atoms with E-state index < -0.39 is 5.82 Å². The summed E-state index contributed by atoms with van der Waals surface area (Å²) in [6.45, 7) is 0. The maximum Gasteiger partial charge on any atom is 0.279 e. The summed E-state index contributed by atoms with van der Waals surface area (Å²) < 4.78 is 18.5. The average molecular weight is 322 g/mol. The number of halogens is 2. The maximum absolute atomic E-state index is 13.1. The highest BCUT2D eigenvalue weighted by Crippen LogP contribution is 2.31. The summed E-state index contributed by atoms with van der Waals surface area (Å²) in [5.41, 5.74) is 1.03. The number of aromatic nitrogens is 4. The molecule has 0 bridgehead atoms. The van der Waals surface area contributed by atoms with Crippen molar-refractivity contribution in [1.29, 1.82) is 5.26 Å². The van der Waals surface area contributed by atoms with Crippen LogP contribution in [0.25, 0.3) is 11.4 Å². The predicted molar refractivity (Wildman–Crippen MR) is 73.7 cm³/mol. The Kier molecular flexibility index (Phi) is 3.51. The number of rotatable bonds is 3. The van der Waals surface area contributed by atoms with E-state index in [-0.39, 0.29) is 10.7 Å². The molecule has 9 heteroatoms. The van der Waals surface area contributed by atoms with Crippen molar-refractivity contribution in [1.82, 2.24) is 20.4 Å². The third-order valence-corrected chi connectivity index (χ3v) is 3.49. The van der Waals surface area contributed by atoms with Crippen molar-refractivity contribution < 1.29 is 9.13 Å². The molecule has 0 saturated carbocycles. The van der Waals surface area contributed by atoms with Crippen LogP contribution in [0, 0.1) is 17.1 Å². The Balaban J connectivity index is 1.85. The topological polar surface area (TPSA) is 87.5 Å². The van der Waals surface area contributed by atoms with E-state index in [2.05, 4.69) is 20.4 Å². The largest absolute Gasteiger partial charge is 0.431 e. The minimum Gasteiger partial charge on any atom is -0.431 e. The summed E-state index contributed by atoms with van der Waals surface area (Å²) in [5, 5.41) is 20.7. The van der Waals surface area contributed by atoms with E-state index in [1.54, 1.807) is 5.38 Å². The van der Waals surface area contributed by atoms with E-state index in [4.69, 9.17) is 21.6 Å². The molecule has 0 unspecified atom stereocenters. The van der Waals surface area contributed by atoms with Gasteiger partial charge in [0.25, 0.3) is 5.19 Å². The molecule has 0 amide bonds. The SMILES string of the molecule is N#Cc1[nH]nnc1-c1csc(Oc2ccc(F)c(Cl)c2)n1. The normalized spacial score (nSPS) is 10.3. The highest BCUT2D eigenvalue weighted by atomic mass is 35.5. The van der Waals surface area contributed by atoms with Gasteiger partial charge in [-0.3, -0.25) is 0 Å². The van der Waals surface area contributed by atoms with Gasteiger partial charge in [0.05, 0.1) is 5.02 Å². The lowest BCUT2D eigenvalue weighted by molar-refractivity contribution is 0.477. The van der Waals surface area contributed by atoms with E-state index in [1.165, 1.54) is 29.5 Å². The van der Waals surface area contributed by atoms with Crippen LogP contribution in [0.15, 0.2) is 23.6 Å². The highest BCUT2D eigenvalue weighted by molar-refractivity contribution is 7.11. The number of thiazole rings is 1. The fourth-order valence-electron chi connectivity index (χ4n) is 1.54. The Morgan fingerprint density at radius 1 is 1.43 bits per heavy atom. The van der Waals surface area contributed by atoms with Gasteiger partial charge >= 0.3 is 0 Å². The van der Waals surface area contributed by atoms with Gasteiger partial charge in [0.1, 0.15) is 29.0 Å².